The third kappa shape index (κ3) is 11.6. The Hall–Kier alpha value is -1.64. The van der Waals surface area contributed by atoms with Gasteiger partial charge in [0.15, 0.2) is 0 Å². The van der Waals surface area contributed by atoms with Gasteiger partial charge in [0.1, 0.15) is 0 Å². The lowest BCUT2D eigenvalue weighted by Gasteiger charge is -2.02. The number of amides is 1. The summed E-state index contributed by atoms with van der Waals surface area (Å²) in [6.45, 7) is 2.25. The average Bonchev–Trinajstić information content (AvgIpc) is 2.57. The SMILES string of the molecule is CCCCCCCCCCCCC(=O)NN=Cc1ccccc1. The number of unbranched alkanes of at least 4 members (excludes halogenated alkanes) is 9. The van der Waals surface area contributed by atoms with E-state index in [0.717, 1.165) is 18.4 Å². The number of hydrazone groups is 1. The highest BCUT2D eigenvalue weighted by atomic mass is 16.2. The summed E-state index contributed by atoms with van der Waals surface area (Å²) in [5, 5.41) is 3.98. The summed E-state index contributed by atoms with van der Waals surface area (Å²) in [7, 11) is 0. The predicted molar refractivity (Wildman–Crippen MR) is 98.6 cm³/mol. The fraction of sp³-hybridized carbons (Fsp3) is 0.600. The van der Waals surface area contributed by atoms with Crippen molar-refractivity contribution in [3.8, 4) is 0 Å². The molecule has 1 rings (SSSR count). The lowest BCUT2D eigenvalue weighted by Crippen LogP contribution is -2.16. The number of carbonyl (C=O) groups is 1. The molecule has 0 aromatic heterocycles. The molecule has 0 saturated carbocycles. The molecule has 128 valence electrons. The highest BCUT2D eigenvalue weighted by Gasteiger charge is 1.99. The van der Waals surface area contributed by atoms with E-state index >= 15 is 0 Å². The van der Waals surface area contributed by atoms with Crippen LogP contribution < -0.4 is 5.43 Å². The first-order chi connectivity index (χ1) is 11.3. The van der Waals surface area contributed by atoms with E-state index in [2.05, 4.69) is 17.5 Å². The van der Waals surface area contributed by atoms with Crippen molar-refractivity contribution in [3.05, 3.63) is 35.9 Å². The van der Waals surface area contributed by atoms with Gasteiger partial charge in [0, 0.05) is 6.42 Å². The monoisotopic (exact) mass is 316 g/mol. The minimum Gasteiger partial charge on any atom is -0.273 e. The van der Waals surface area contributed by atoms with Crippen molar-refractivity contribution < 1.29 is 4.79 Å². The van der Waals surface area contributed by atoms with Crippen LogP contribution in [0.4, 0.5) is 0 Å². The molecule has 3 heteroatoms. The fourth-order valence-electron chi connectivity index (χ4n) is 2.55. The highest BCUT2D eigenvalue weighted by Crippen LogP contribution is 2.11. The van der Waals surface area contributed by atoms with Crippen molar-refractivity contribution in [3.63, 3.8) is 0 Å². The molecule has 0 bridgehead atoms. The van der Waals surface area contributed by atoms with E-state index in [0.29, 0.717) is 6.42 Å². The summed E-state index contributed by atoms with van der Waals surface area (Å²) in [5.41, 5.74) is 3.58. The van der Waals surface area contributed by atoms with Gasteiger partial charge >= 0.3 is 0 Å². The zero-order chi connectivity index (χ0) is 16.6. The van der Waals surface area contributed by atoms with Crippen molar-refractivity contribution >= 4 is 12.1 Å². The second-order valence-electron chi connectivity index (χ2n) is 6.14. The first-order valence-corrected chi connectivity index (χ1v) is 9.20. The third-order valence-corrected chi connectivity index (χ3v) is 3.96. The van der Waals surface area contributed by atoms with E-state index in [1.165, 1.54) is 51.4 Å². The number of nitrogens with zero attached hydrogens (tertiary/aromatic N) is 1. The van der Waals surface area contributed by atoms with E-state index < -0.39 is 0 Å². The van der Waals surface area contributed by atoms with Crippen LogP contribution in [0.5, 0.6) is 0 Å². The van der Waals surface area contributed by atoms with Gasteiger partial charge in [0.2, 0.25) is 5.91 Å². The number of hydrogen-bond donors (Lipinski definition) is 1. The number of nitrogens with one attached hydrogen (secondary N) is 1. The minimum atomic E-state index is 0.0109. The van der Waals surface area contributed by atoms with Crippen LogP contribution in [0, 0.1) is 0 Å². The zero-order valence-electron chi connectivity index (χ0n) is 14.6. The fourth-order valence-corrected chi connectivity index (χ4v) is 2.55. The summed E-state index contributed by atoms with van der Waals surface area (Å²) >= 11 is 0. The Labute approximate surface area is 141 Å². The van der Waals surface area contributed by atoms with Gasteiger partial charge in [-0.2, -0.15) is 5.10 Å². The lowest BCUT2D eigenvalue weighted by molar-refractivity contribution is -0.121. The molecule has 0 radical (unpaired) electrons. The van der Waals surface area contributed by atoms with Gasteiger partial charge in [-0.05, 0) is 12.0 Å². The first-order valence-electron chi connectivity index (χ1n) is 9.20. The van der Waals surface area contributed by atoms with Crippen molar-refractivity contribution in [1.29, 1.82) is 0 Å². The molecule has 1 aromatic rings. The Bertz CT molecular complexity index is 429. The standard InChI is InChI=1S/C20H32N2O/c1-2-3-4-5-6-7-8-9-10-14-17-20(23)22-21-18-19-15-12-11-13-16-19/h11-13,15-16,18H,2-10,14,17H2,1H3,(H,22,23). The number of hydrogen-bond acceptors (Lipinski definition) is 2. The van der Waals surface area contributed by atoms with E-state index in [-0.39, 0.29) is 5.91 Å². The molecule has 0 spiro atoms. The smallest absolute Gasteiger partial charge is 0.240 e. The zero-order valence-corrected chi connectivity index (χ0v) is 14.6. The molecule has 0 heterocycles. The number of benzene rings is 1. The maximum Gasteiger partial charge on any atom is 0.240 e. The number of rotatable bonds is 13. The van der Waals surface area contributed by atoms with E-state index in [1.54, 1.807) is 6.21 Å². The Morgan fingerprint density at radius 2 is 1.48 bits per heavy atom. The quantitative estimate of drug-likeness (QED) is 0.293. The molecule has 1 N–H and O–H groups in total. The first kappa shape index (κ1) is 19.4. The summed E-state index contributed by atoms with van der Waals surface area (Å²) < 4.78 is 0. The van der Waals surface area contributed by atoms with E-state index in [4.69, 9.17) is 0 Å². The third-order valence-electron chi connectivity index (χ3n) is 3.96. The van der Waals surface area contributed by atoms with Crippen molar-refractivity contribution in [2.75, 3.05) is 0 Å². The van der Waals surface area contributed by atoms with Gasteiger partial charge in [-0.1, -0.05) is 95.0 Å². The molecule has 0 saturated heterocycles. The van der Waals surface area contributed by atoms with Gasteiger partial charge in [-0.15, -0.1) is 0 Å². The molecule has 0 aliphatic heterocycles. The molecule has 0 unspecified atom stereocenters. The van der Waals surface area contributed by atoms with Crippen LogP contribution in [0.15, 0.2) is 35.4 Å². The van der Waals surface area contributed by atoms with Crippen molar-refractivity contribution in [2.45, 2.75) is 77.6 Å². The molecular formula is C20H32N2O. The summed E-state index contributed by atoms with van der Waals surface area (Å²) in [6, 6.07) is 9.77. The molecule has 0 aliphatic carbocycles. The largest absolute Gasteiger partial charge is 0.273 e. The van der Waals surface area contributed by atoms with Crippen molar-refractivity contribution in [2.24, 2.45) is 5.10 Å². The van der Waals surface area contributed by atoms with Crippen LogP contribution in [0.25, 0.3) is 0 Å². The Kier molecular flexibility index (Phi) is 11.8. The Morgan fingerprint density at radius 3 is 2.09 bits per heavy atom. The second kappa shape index (κ2) is 14.0. The van der Waals surface area contributed by atoms with E-state index in [9.17, 15) is 4.79 Å². The summed E-state index contributed by atoms with van der Waals surface area (Å²) in [6.07, 6.45) is 15.1. The Balaban J connectivity index is 1.91. The van der Waals surface area contributed by atoms with Crippen LogP contribution in [0.3, 0.4) is 0 Å². The molecule has 3 nitrogen and oxygen atoms in total. The predicted octanol–water partition coefficient (Wildman–Crippen LogP) is 5.45. The molecular weight excluding hydrogens is 284 g/mol. The van der Waals surface area contributed by atoms with E-state index in [1.807, 2.05) is 30.3 Å². The van der Waals surface area contributed by atoms with Gasteiger partial charge in [-0.25, -0.2) is 5.43 Å². The average molecular weight is 316 g/mol. The second-order valence-corrected chi connectivity index (χ2v) is 6.14. The van der Waals surface area contributed by atoms with Crippen molar-refractivity contribution in [1.82, 2.24) is 5.43 Å². The van der Waals surface area contributed by atoms with Crippen LogP contribution >= 0.6 is 0 Å². The van der Waals surface area contributed by atoms with Crippen LogP contribution in [0.2, 0.25) is 0 Å². The maximum absolute atomic E-state index is 11.6. The highest BCUT2D eigenvalue weighted by molar-refractivity contribution is 5.82. The minimum absolute atomic E-state index is 0.0109. The van der Waals surface area contributed by atoms with Gasteiger partial charge in [-0.3, -0.25) is 4.79 Å². The normalized spacial score (nSPS) is 11.0. The van der Waals surface area contributed by atoms with Gasteiger partial charge in [0.25, 0.3) is 0 Å². The molecule has 1 aromatic carbocycles. The molecule has 0 atom stereocenters. The van der Waals surface area contributed by atoms with Gasteiger partial charge < -0.3 is 0 Å². The molecule has 1 amide bonds. The topological polar surface area (TPSA) is 41.5 Å². The number of carbonyl (C=O) groups excluding carboxylic acids is 1. The molecule has 0 fully saturated rings. The summed E-state index contributed by atoms with van der Waals surface area (Å²) in [4.78, 5) is 11.6. The van der Waals surface area contributed by atoms with Crippen LogP contribution in [0.1, 0.15) is 83.1 Å². The maximum atomic E-state index is 11.6. The van der Waals surface area contributed by atoms with Gasteiger partial charge in [0.05, 0.1) is 6.21 Å². The van der Waals surface area contributed by atoms with Crippen LogP contribution in [-0.4, -0.2) is 12.1 Å². The molecule has 0 aliphatic rings. The van der Waals surface area contributed by atoms with Crippen LogP contribution in [-0.2, 0) is 4.79 Å². The summed E-state index contributed by atoms with van der Waals surface area (Å²) in [5.74, 6) is 0.0109. The molecule has 23 heavy (non-hydrogen) atoms. The Morgan fingerprint density at radius 1 is 0.913 bits per heavy atom. The lowest BCUT2D eigenvalue weighted by atomic mass is 10.1.